The Morgan fingerprint density at radius 2 is 1.56 bits per heavy atom. The first-order valence-electron chi connectivity index (χ1n) is 10.3. The van der Waals surface area contributed by atoms with E-state index in [2.05, 4.69) is 16.0 Å². The number of amides is 2. The van der Waals surface area contributed by atoms with E-state index in [1.807, 2.05) is 18.2 Å². The summed E-state index contributed by atoms with van der Waals surface area (Å²) >= 11 is 0. The van der Waals surface area contributed by atoms with Crippen LogP contribution in [0.15, 0.2) is 77.7 Å². The number of anilines is 3. The number of carbonyl (C=O) groups is 2. The number of ether oxygens (including phenoxy) is 1. The Balaban J connectivity index is 1.70. The van der Waals surface area contributed by atoms with Crippen molar-refractivity contribution < 1.29 is 22.7 Å². The van der Waals surface area contributed by atoms with Crippen molar-refractivity contribution in [2.24, 2.45) is 0 Å². The Morgan fingerprint density at radius 1 is 0.882 bits per heavy atom. The molecule has 0 radical (unpaired) electrons. The van der Waals surface area contributed by atoms with Crippen molar-refractivity contribution in [2.75, 3.05) is 43.7 Å². The minimum absolute atomic E-state index is 0.0614. The molecule has 0 saturated heterocycles. The standard InChI is InChI=1S/C24H26N4O5S/c1-28(2)34(31,32)22-15-18(13-14-21(22)33-3)26-23(29)16-25-20-12-8-7-11-19(20)24(30)27-17-9-5-4-6-10-17/h4-15,25H,16H2,1-3H3,(H,26,29)(H,27,30). The summed E-state index contributed by atoms with van der Waals surface area (Å²) in [6, 6.07) is 20.2. The molecule has 3 aromatic carbocycles. The van der Waals surface area contributed by atoms with Gasteiger partial charge in [0.2, 0.25) is 15.9 Å². The fourth-order valence-electron chi connectivity index (χ4n) is 3.09. The zero-order valence-corrected chi connectivity index (χ0v) is 19.8. The summed E-state index contributed by atoms with van der Waals surface area (Å²) in [4.78, 5) is 25.2. The number of sulfonamides is 1. The van der Waals surface area contributed by atoms with Gasteiger partial charge >= 0.3 is 0 Å². The van der Waals surface area contributed by atoms with Crippen LogP contribution < -0.4 is 20.7 Å². The minimum atomic E-state index is -3.78. The van der Waals surface area contributed by atoms with Crippen molar-refractivity contribution in [1.82, 2.24) is 4.31 Å². The third kappa shape index (κ3) is 5.91. The lowest BCUT2D eigenvalue weighted by Gasteiger charge is -2.16. The summed E-state index contributed by atoms with van der Waals surface area (Å²) in [5.74, 6) is -0.566. The van der Waals surface area contributed by atoms with Crippen LogP contribution in [0.4, 0.5) is 17.1 Å². The molecular weight excluding hydrogens is 456 g/mol. The van der Waals surface area contributed by atoms with E-state index in [0.29, 0.717) is 22.6 Å². The fourth-order valence-corrected chi connectivity index (χ4v) is 4.16. The lowest BCUT2D eigenvalue weighted by Crippen LogP contribution is -2.25. The molecule has 3 rings (SSSR count). The molecule has 0 atom stereocenters. The van der Waals surface area contributed by atoms with Crippen molar-refractivity contribution in [3.8, 4) is 5.75 Å². The number of nitrogens with zero attached hydrogens (tertiary/aromatic N) is 1. The third-order valence-electron chi connectivity index (χ3n) is 4.85. The molecule has 0 aliphatic heterocycles. The van der Waals surface area contributed by atoms with Gasteiger partial charge in [-0.05, 0) is 42.5 Å². The number of rotatable bonds is 9. The van der Waals surface area contributed by atoms with Crippen molar-refractivity contribution in [3.63, 3.8) is 0 Å². The van der Waals surface area contributed by atoms with Gasteiger partial charge in [0, 0.05) is 31.2 Å². The highest BCUT2D eigenvalue weighted by atomic mass is 32.2. The molecule has 0 bridgehead atoms. The van der Waals surface area contributed by atoms with E-state index in [1.54, 1.807) is 42.5 Å². The Bertz CT molecular complexity index is 1280. The van der Waals surface area contributed by atoms with Crippen molar-refractivity contribution >= 4 is 38.9 Å². The number of benzene rings is 3. The average Bonchev–Trinajstić information content (AvgIpc) is 2.83. The van der Waals surface area contributed by atoms with Crippen LogP contribution in [0.3, 0.4) is 0 Å². The van der Waals surface area contributed by atoms with Crippen LogP contribution in [-0.2, 0) is 14.8 Å². The van der Waals surface area contributed by atoms with Gasteiger partial charge in [-0.3, -0.25) is 9.59 Å². The number of methoxy groups -OCH3 is 1. The largest absolute Gasteiger partial charge is 0.495 e. The lowest BCUT2D eigenvalue weighted by molar-refractivity contribution is -0.114. The Hall–Kier alpha value is -3.89. The molecule has 3 N–H and O–H groups in total. The van der Waals surface area contributed by atoms with Crippen LogP contribution in [0.2, 0.25) is 0 Å². The first-order valence-corrected chi connectivity index (χ1v) is 11.8. The molecule has 0 aromatic heterocycles. The summed E-state index contributed by atoms with van der Waals surface area (Å²) in [6.45, 7) is -0.141. The summed E-state index contributed by atoms with van der Waals surface area (Å²) in [5, 5.41) is 8.44. The van der Waals surface area contributed by atoms with E-state index in [-0.39, 0.29) is 23.1 Å². The van der Waals surface area contributed by atoms with E-state index in [1.165, 1.54) is 33.3 Å². The van der Waals surface area contributed by atoms with Gasteiger partial charge in [-0.1, -0.05) is 30.3 Å². The topological polar surface area (TPSA) is 117 Å². The number of hydrogen-bond donors (Lipinski definition) is 3. The predicted octanol–water partition coefficient (Wildman–Crippen LogP) is 3.25. The zero-order chi connectivity index (χ0) is 24.7. The van der Waals surface area contributed by atoms with Gasteiger partial charge in [0.15, 0.2) is 0 Å². The normalized spacial score (nSPS) is 11.1. The summed E-state index contributed by atoms with van der Waals surface area (Å²) in [6.07, 6.45) is 0. The van der Waals surface area contributed by atoms with Crippen LogP contribution in [-0.4, -0.2) is 52.3 Å². The molecule has 178 valence electrons. The maximum atomic E-state index is 12.7. The highest BCUT2D eigenvalue weighted by Gasteiger charge is 2.23. The molecule has 34 heavy (non-hydrogen) atoms. The molecule has 0 saturated carbocycles. The summed E-state index contributed by atoms with van der Waals surface area (Å²) < 4.78 is 31.4. The van der Waals surface area contributed by atoms with Gasteiger partial charge in [-0.25, -0.2) is 12.7 Å². The number of carbonyl (C=O) groups excluding carboxylic acids is 2. The van der Waals surface area contributed by atoms with Crippen LogP contribution in [0.25, 0.3) is 0 Å². The second-order valence-corrected chi connectivity index (χ2v) is 9.54. The predicted molar refractivity (Wildman–Crippen MR) is 132 cm³/mol. The Labute approximate surface area is 198 Å². The molecule has 0 fully saturated rings. The quantitative estimate of drug-likeness (QED) is 0.431. The maximum Gasteiger partial charge on any atom is 0.257 e. The van der Waals surface area contributed by atoms with Gasteiger partial charge in [-0.15, -0.1) is 0 Å². The van der Waals surface area contributed by atoms with E-state index in [9.17, 15) is 18.0 Å². The summed E-state index contributed by atoms with van der Waals surface area (Å²) in [7, 11) is 0.419. The lowest BCUT2D eigenvalue weighted by atomic mass is 10.1. The number of para-hydroxylation sites is 2. The smallest absolute Gasteiger partial charge is 0.257 e. The molecule has 0 heterocycles. The second kappa shape index (κ2) is 10.8. The van der Waals surface area contributed by atoms with Gasteiger partial charge in [-0.2, -0.15) is 0 Å². The highest BCUT2D eigenvalue weighted by Crippen LogP contribution is 2.29. The molecule has 10 heteroatoms. The minimum Gasteiger partial charge on any atom is -0.495 e. The van der Waals surface area contributed by atoms with E-state index < -0.39 is 15.9 Å². The summed E-state index contributed by atoms with van der Waals surface area (Å²) in [5.41, 5.74) is 1.81. The van der Waals surface area contributed by atoms with Gasteiger partial charge in [0.25, 0.3) is 5.91 Å². The molecule has 0 spiro atoms. The molecule has 0 unspecified atom stereocenters. The Kier molecular flexibility index (Phi) is 7.87. The molecule has 0 aliphatic rings. The highest BCUT2D eigenvalue weighted by molar-refractivity contribution is 7.89. The maximum absolute atomic E-state index is 12.7. The van der Waals surface area contributed by atoms with Crippen LogP contribution in [0.1, 0.15) is 10.4 Å². The number of hydrogen-bond acceptors (Lipinski definition) is 6. The Morgan fingerprint density at radius 3 is 2.24 bits per heavy atom. The van der Waals surface area contributed by atoms with Crippen molar-refractivity contribution in [2.45, 2.75) is 4.90 Å². The zero-order valence-electron chi connectivity index (χ0n) is 19.0. The van der Waals surface area contributed by atoms with Gasteiger partial charge < -0.3 is 20.7 Å². The number of nitrogens with one attached hydrogen (secondary N) is 3. The third-order valence-corrected chi connectivity index (χ3v) is 6.69. The SMILES string of the molecule is COc1ccc(NC(=O)CNc2ccccc2C(=O)Nc2ccccc2)cc1S(=O)(=O)N(C)C. The first-order chi connectivity index (χ1) is 16.2. The molecule has 9 nitrogen and oxygen atoms in total. The molecular formula is C24H26N4O5S. The van der Waals surface area contributed by atoms with Gasteiger partial charge in [0.1, 0.15) is 10.6 Å². The van der Waals surface area contributed by atoms with Crippen LogP contribution >= 0.6 is 0 Å². The van der Waals surface area contributed by atoms with Crippen LogP contribution in [0, 0.1) is 0 Å². The van der Waals surface area contributed by atoms with E-state index in [4.69, 9.17) is 4.74 Å². The average molecular weight is 483 g/mol. The van der Waals surface area contributed by atoms with E-state index in [0.717, 1.165) is 4.31 Å². The molecule has 0 aliphatic carbocycles. The molecule has 2 amide bonds. The first kappa shape index (κ1) is 24.7. The second-order valence-electron chi connectivity index (χ2n) is 7.42. The van der Waals surface area contributed by atoms with Crippen molar-refractivity contribution in [3.05, 3.63) is 78.4 Å². The van der Waals surface area contributed by atoms with Crippen LogP contribution in [0.5, 0.6) is 5.75 Å². The van der Waals surface area contributed by atoms with Gasteiger partial charge in [0.05, 0.1) is 19.2 Å². The monoisotopic (exact) mass is 482 g/mol. The fraction of sp³-hybridized carbons (Fsp3) is 0.167. The molecule has 3 aromatic rings. The van der Waals surface area contributed by atoms with Crippen molar-refractivity contribution in [1.29, 1.82) is 0 Å². The van der Waals surface area contributed by atoms with E-state index >= 15 is 0 Å².